The van der Waals surface area contributed by atoms with Crippen LogP contribution in [0.3, 0.4) is 0 Å². The predicted molar refractivity (Wildman–Crippen MR) is 176 cm³/mol. The van der Waals surface area contributed by atoms with E-state index in [0.29, 0.717) is 0 Å². The van der Waals surface area contributed by atoms with Crippen LogP contribution in [0.1, 0.15) is 5.56 Å². The molecule has 4 heteroatoms. The molecule has 0 spiro atoms. The molecule has 0 radical (unpaired) electrons. The van der Waals surface area contributed by atoms with E-state index in [-0.39, 0.29) is 0 Å². The van der Waals surface area contributed by atoms with E-state index in [2.05, 4.69) is 149 Å². The first kappa shape index (κ1) is 23.6. The van der Waals surface area contributed by atoms with Gasteiger partial charge in [0, 0.05) is 22.2 Å². The second-order valence-electron chi connectivity index (χ2n) is 10.9. The van der Waals surface area contributed by atoms with Crippen molar-refractivity contribution < 1.29 is 0 Å². The normalized spacial score (nSPS) is 12.6. The summed E-state index contributed by atoms with van der Waals surface area (Å²) in [6, 6.07) is 50.5. The van der Waals surface area contributed by atoms with Crippen molar-refractivity contribution in [3.05, 3.63) is 145 Å². The number of hydrogen-bond acceptors (Lipinski definition) is 2. The highest BCUT2D eigenvalue weighted by molar-refractivity contribution is 7.98. The van der Waals surface area contributed by atoms with Crippen LogP contribution in [-0.2, 0) is 5.75 Å². The minimum Gasteiger partial charge on any atom is -0.309 e. The monoisotopic (exact) mass is 555 g/mol. The molecule has 0 fully saturated rings. The zero-order valence-corrected chi connectivity index (χ0v) is 23.6. The summed E-state index contributed by atoms with van der Waals surface area (Å²) in [5.41, 5.74) is 13.2. The predicted octanol–water partition coefficient (Wildman–Crippen LogP) is 10.1. The molecule has 0 bridgehead atoms. The molecule has 0 saturated heterocycles. The molecule has 42 heavy (non-hydrogen) atoms. The molecular weight excluding hydrogens is 531 g/mol. The third-order valence-corrected chi connectivity index (χ3v) is 9.42. The van der Waals surface area contributed by atoms with Gasteiger partial charge in [0.25, 0.3) is 0 Å². The van der Waals surface area contributed by atoms with Crippen molar-refractivity contribution in [3.63, 3.8) is 0 Å². The van der Waals surface area contributed by atoms with E-state index in [1.54, 1.807) is 0 Å². The highest BCUT2D eigenvalue weighted by Gasteiger charge is 2.22. The number of nitrogens with zero attached hydrogens (tertiary/aromatic N) is 3. The maximum atomic E-state index is 4.94. The highest BCUT2D eigenvalue weighted by Crippen LogP contribution is 2.41. The Labute approximate surface area is 247 Å². The Kier molecular flexibility index (Phi) is 5.19. The molecule has 9 rings (SSSR count). The van der Waals surface area contributed by atoms with Crippen molar-refractivity contribution >= 4 is 44.6 Å². The molecule has 0 atom stereocenters. The first-order valence-electron chi connectivity index (χ1n) is 14.2. The van der Waals surface area contributed by atoms with Crippen molar-refractivity contribution in [3.8, 4) is 33.6 Å². The van der Waals surface area contributed by atoms with Crippen molar-refractivity contribution in [2.24, 2.45) is 0 Å². The smallest absolute Gasteiger partial charge is 0.174 e. The maximum absolute atomic E-state index is 4.94. The summed E-state index contributed by atoms with van der Waals surface area (Å²) in [7, 11) is 0. The molecule has 8 aromatic rings. The van der Waals surface area contributed by atoms with Crippen LogP contribution in [-0.4, -0.2) is 14.1 Å². The fraction of sp³-hybridized carbons (Fsp3) is 0.0263. The van der Waals surface area contributed by atoms with Crippen LogP contribution >= 0.6 is 11.8 Å². The van der Waals surface area contributed by atoms with Gasteiger partial charge in [-0.2, -0.15) is 0 Å². The fourth-order valence-corrected chi connectivity index (χ4v) is 7.44. The van der Waals surface area contributed by atoms with Gasteiger partial charge < -0.3 is 4.57 Å². The van der Waals surface area contributed by atoms with E-state index in [0.717, 1.165) is 27.6 Å². The Bertz CT molecular complexity index is 2200. The van der Waals surface area contributed by atoms with Gasteiger partial charge in [0.1, 0.15) is 0 Å². The van der Waals surface area contributed by atoms with Gasteiger partial charge in [0.15, 0.2) is 5.16 Å². The summed E-state index contributed by atoms with van der Waals surface area (Å²) < 4.78 is 4.76. The average Bonchev–Trinajstić information content (AvgIpc) is 3.61. The minimum absolute atomic E-state index is 0.924. The van der Waals surface area contributed by atoms with Gasteiger partial charge in [-0.15, -0.1) is 0 Å². The second-order valence-corrected chi connectivity index (χ2v) is 11.8. The zero-order valence-electron chi connectivity index (χ0n) is 22.7. The number of imidazole rings is 1. The molecule has 0 N–H and O–H groups in total. The van der Waals surface area contributed by atoms with Crippen molar-refractivity contribution in [1.29, 1.82) is 0 Å². The van der Waals surface area contributed by atoms with Crippen LogP contribution in [0, 0.1) is 0 Å². The van der Waals surface area contributed by atoms with Gasteiger partial charge in [0.05, 0.1) is 27.8 Å². The molecule has 1 aliphatic rings. The minimum atomic E-state index is 0.924. The molecule has 198 valence electrons. The lowest BCUT2D eigenvalue weighted by atomic mass is 10.0. The lowest BCUT2D eigenvalue weighted by Crippen LogP contribution is -2.07. The molecule has 1 aliphatic heterocycles. The van der Waals surface area contributed by atoms with Gasteiger partial charge in [0.2, 0.25) is 0 Å². The number of benzene rings is 6. The Balaban J connectivity index is 1.31. The number of fused-ring (bicyclic) bond motifs is 8. The molecule has 2 aromatic heterocycles. The standard InChI is InChI=1S/C38H25N3S/c1-3-9-25(10-4-1)27-16-19-34-31(21-27)32-22-28(26-11-5-2-6-12-26)17-20-35(32)40(34)30-18-15-29-24-42-38-39-33-13-7-8-14-36(33)41(38)37(29)23-30/h1-23H,24H2. The number of aromatic nitrogens is 3. The molecule has 0 amide bonds. The zero-order chi connectivity index (χ0) is 27.6. The lowest BCUT2D eigenvalue weighted by Gasteiger charge is -2.20. The number of rotatable bonds is 3. The van der Waals surface area contributed by atoms with E-state index >= 15 is 0 Å². The number of thioether (sulfide) groups is 1. The van der Waals surface area contributed by atoms with Crippen LogP contribution in [0.15, 0.2) is 145 Å². The van der Waals surface area contributed by atoms with Crippen molar-refractivity contribution in [2.45, 2.75) is 10.9 Å². The van der Waals surface area contributed by atoms with Gasteiger partial charge in [-0.1, -0.05) is 103 Å². The summed E-state index contributed by atoms with van der Waals surface area (Å²) in [5.74, 6) is 0.924. The van der Waals surface area contributed by atoms with Gasteiger partial charge in [-0.05, 0) is 76.3 Å². The molecule has 0 unspecified atom stereocenters. The van der Waals surface area contributed by atoms with Crippen molar-refractivity contribution in [2.75, 3.05) is 0 Å². The average molecular weight is 556 g/mol. The second kappa shape index (κ2) is 9.23. The maximum Gasteiger partial charge on any atom is 0.174 e. The summed E-state index contributed by atoms with van der Waals surface area (Å²) in [5, 5.41) is 3.57. The van der Waals surface area contributed by atoms with E-state index in [9.17, 15) is 0 Å². The summed E-state index contributed by atoms with van der Waals surface area (Å²) in [6.07, 6.45) is 0. The topological polar surface area (TPSA) is 22.8 Å². The van der Waals surface area contributed by atoms with Crippen LogP contribution in [0.4, 0.5) is 0 Å². The largest absolute Gasteiger partial charge is 0.309 e. The van der Waals surface area contributed by atoms with Crippen LogP contribution < -0.4 is 0 Å². The van der Waals surface area contributed by atoms with E-state index < -0.39 is 0 Å². The number of hydrogen-bond donors (Lipinski definition) is 0. The molecule has 3 nitrogen and oxygen atoms in total. The SMILES string of the molecule is c1ccc(-c2ccc3c(c2)c2cc(-c4ccccc4)ccc2n3-c2ccc3c(c2)-n2c(nc4ccccc42)SC3)cc1. The fourth-order valence-electron chi connectivity index (χ4n) is 6.42. The Morgan fingerprint density at radius 1 is 0.500 bits per heavy atom. The number of para-hydroxylation sites is 2. The van der Waals surface area contributed by atoms with Crippen molar-refractivity contribution in [1.82, 2.24) is 14.1 Å². The van der Waals surface area contributed by atoms with Crippen LogP contribution in [0.5, 0.6) is 0 Å². The van der Waals surface area contributed by atoms with Crippen LogP contribution in [0.25, 0.3) is 66.5 Å². The molecule has 0 aliphatic carbocycles. The van der Waals surface area contributed by atoms with Gasteiger partial charge >= 0.3 is 0 Å². The first-order valence-corrected chi connectivity index (χ1v) is 15.2. The quantitative estimate of drug-likeness (QED) is 0.216. The molecular formula is C38H25N3S. The van der Waals surface area contributed by atoms with Gasteiger partial charge in [-0.25, -0.2) is 4.98 Å². The first-order chi connectivity index (χ1) is 20.8. The van der Waals surface area contributed by atoms with E-state index in [1.165, 1.54) is 55.3 Å². The third kappa shape index (κ3) is 3.59. The molecule has 0 saturated carbocycles. The summed E-state index contributed by atoms with van der Waals surface area (Å²) in [6.45, 7) is 0. The Morgan fingerprint density at radius 2 is 1.12 bits per heavy atom. The van der Waals surface area contributed by atoms with E-state index in [1.807, 2.05) is 11.8 Å². The molecule has 6 aromatic carbocycles. The third-order valence-electron chi connectivity index (χ3n) is 8.43. The van der Waals surface area contributed by atoms with Crippen LogP contribution in [0.2, 0.25) is 0 Å². The summed E-state index contributed by atoms with van der Waals surface area (Å²) in [4.78, 5) is 4.94. The molecule has 3 heterocycles. The highest BCUT2D eigenvalue weighted by atomic mass is 32.2. The summed E-state index contributed by atoms with van der Waals surface area (Å²) >= 11 is 1.81. The van der Waals surface area contributed by atoms with E-state index in [4.69, 9.17) is 4.98 Å². The Hall–Kier alpha value is -5.06. The van der Waals surface area contributed by atoms with Gasteiger partial charge in [-0.3, -0.25) is 4.57 Å². The Morgan fingerprint density at radius 3 is 1.79 bits per heavy atom. The lowest BCUT2D eigenvalue weighted by molar-refractivity contribution is 0.892.